The van der Waals surface area contributed by atoms with Crippen LogP contribution in [0.1, 0.15) is 17.5 Å². The van der Waals surface area contributed by atoms with Gasteiger partial charge in [-0.25, -0.2) is 4.39 Å². The van der Waals surface area contributed by atoms with E-state index in [4.69, 9.17) is 0 Å². The van der Waals surface area contributed by atoms with Gasteiger partial charge in [-0.3, -0.25) is 4.79 Å². The summed E-state index contributed by atoms with van der Waals surface area (Å²) >= 11 is 0. The van der Waals surface area contributed by atoms with Gasteiger partial charge in [-0.1, -0.05) is 29.8 Å². The van der Waals surface area contributed by atoms with Crippen LogP contribution in [0.15, 0.2) is 48.5 Å². The van der Waals surface area contributed by atoms with Gasteiger partial charge in [0, 0.05) is 12.1 Å². The topological polar surface area (TPSA) is 29.1 Å². The molecule has 0 atom stereocenters. The second kappa shape index (κ2) is 6.14. The predicted octanol–water partition coefficient (Wildman–Crippen LogP) is 3.71. The summed E-state index contributed by atoms with van der Waals surface area (Å²) in [6.45, 7) is 2.00. The van der Waals surface area contributed by atoms with Crippen molar-refractivity contribution in [1.82, 2.24) is 0 Å². The molecule has 0 radical (unpaired) electrons. The average Bonchev–Trinajstić information content (AvgIpc) is 2.41. The first-order valence-corrected chi connectivity index (χ1v) is 6.24. The van der Waals surface area contributed by atoms with E-state index >= 15 is 0 Å². The summed E-state index contributed by atoms with van der Waals surface area (Å²) in [5, 5.41) is 2.84. The number of benzene rings is 2. The van der Waals surface area contributed by atoms with Crippen LogP contribution >= 0.6 is 0 Å². The summed E-state index contributed by atoms with van der Waals surface area (Å²) < 4.78 is 12.7. The van der Waals surface area contributed by atoms with Crippen molar-refractivity contribution in [3.05, 3.63) is 65.5 Å². The lowest BCUT2D eigenvalue weighted by atomic mass is 10.1. The highest BCUT2D eigenvalue weighted by molar-refractivity contribution is 5.90. The monoisotopic (exact) mass is 257 g/mol. The molecule has 2 nitrogen and oxygen atoms in total. The van der Waals surface area contributed by atoms with Gasteiger partial charge in [-0.15, -0.1) is 0 Å². The van der Waals surface area contributed by atoms with Crippen LogP contribution in [0.2, 0.25) is 0 Å². The fourth-order valence-electron chi connectivity index (χ4n) is 1.77. The van der Waals surface area contributed by atoms with Crippen molar-refractivity contribution in [1.29, 1.82) is 0 Å². The average molecular weight is 257 g/mol. The molecule has 19 heavy (non-hydrogen) atoms. The zero-order chi connectivity index (χ0) is 13.7. The highest BCUT2D eigenvalue weighted by atomic mass is 19.1. The third-order valence-corrected chi connectivity index (χ3v) is 2.89. The van der Waals surface area contributed by atoms with Crippen LogP contribution < -0.4 is 5.32 Å². The van der Waals surface area contributed by atoms with Crippen LogP contribution in [0.5, 0.6) is 0 Å². The van der Waals surface area contributed by atoms with Gasteiger partial charge < -0.3 is 5.32 Å². The van der Waals surface area contributed by atoms with E-state index in [-0.39, 0.29) is 11.7 Å². The summed E-state index contributed by atoms with van der Waals surface area (Å²) in [7, 11) is 0. The number of halogens is 1. The molecule has 0 aliphatic rings. The number of nitrogens with one attached hydrogen (secondary N) is 1. The fourth-order valence-corrected chi connectivity index (χ4v) is 1.77. The number of carbonyl (C=O) groups excluding carboxylic acids is 1. The van der Waals surface area contributed by atoms with Crippen molar-refractivity contribution in [2.24, 2.45) is 0 Å². The molecule has 2 aromatic carbocycles. The summed E-state index contributed by atoms with van der Waals surface area (Å²) in [5.74, 6) is -0.291. The van der Waals surface area contributed by atoms with Crippen LogP contribution in [0.25, 0.3) is 0 Å². The van der Waals surface area contributed by atoms with Crippen LogP contribution in [0.4, 0.5) is 10.1 Å². The second-order valence-electron chi connectivity index (χ2n) is 4.54. The van der Waals surface area contributed by atoms with E-state index < -0.39 is 0 Å². The van der Waals surface area contributed by atoms with E-state index in [0.29, 0.717) is 12.8 Å². The van der Waals surface area contributed by atoms with Crippen LogP contribution in [0.3, 0.4) is 0 Å². The molecule has 3 heteroatoms. The highest BCUT2D eigenvalue weighted by Crippen LogP contribution is 2.10. The van der Waals surface area contributed by atoms with Crippen molar-refractivity contribution >= 4 is 11.6 Å². The van der Waals surface area contributed by atoms with Gasteiger partial charge >= 0.3 is 0 Å². The Hall–Kier alpha value is -2.16. The zero-order valence-corrected chi connectivity index (χ0v) is 10.8. The molecule has 1 amide bonds. The minimum Gasteiger partial charge on any atom is -0.326 e. The minimum absolute atomic E-state index is 0.0341. The molecule has 0 saturated carbocycles. The Morgan fingerprint density at radius 2 is 1.68 bits per heavy atom. The number of amides is 1. The maximum absolute atomic E-state index is 12.7. The van der Waals surface area contributed by atoms with Crippen LogP contribution in [-0.4, -0.2) is 5.91 Å². The zero-order valence-electron chi connectivity index (χ0n) is 10.8. The lowest BCUT2D eigenvalue weighted by Crippen LogP contribution is -2.12. The molecule has 2 rings (SSSR count). The van der Waals surface area contributed by atoms with Crippen molar-refractivity contribution in [3.63, 3.8) is 0 Å². The Morgan fingerprint density at radius 3 is 2.32 bits per heavy atom. The Bertz CT molecular complexity index is 546. The highest BCUT2D eigenvalue weighted by Gasteiger charge is 2.03. The Balaban J connectivity index is 1.84. The maximum Gasteiger partial charge on any atom is 0.224 e. The van der Waals surface area contributed by atoms with E-state index in [1.165, 1.54) is 12.1 Å². The molecular weight excluding hydrogens is 241 g/mol. The molecule has 0 aromatic heterocycles. The smallest absolute Gasteiger partial charge is 0.224 e. The lowest BCUT2D eigenvalue weighted by Gasteiger charge is -2.05. The van der Waals surface area contributed by atoms with Crippen molar-refractivity contribution in [2.75, 3.05) is 5.32 Å². The van der Waals surface area contributed by atoms with E-state index in [0.717, 1.165) is 16.8 Å². The Kier molecular flexibility index (Phi) is 4.29. The minimum atomic E-state index is -0.257. The molecular formula is C16H16FNO. The van der Waals surface area contributed by atoms with Crippen molar-refractivity contribution in [3.8, 4) is 0 Å². The summed E-state index contributed by atoms with van der Waals surface area (Å²) in [5.41, 5.74) is 2.92. The molecule has 0 fully saturated rings. The molecule has 0 spiro atoms. The molecule has 2 aromatic rings. The maximum atomic E-state index is 12.7. The van der Waals surface area contributed by atoms with Gasteiger partial charge in [0.25, 0.3) is 0 Å². The summed E-state index contributed by atoms with van der Waals surface area (Å²) in [4.78, 5) is 11.8. The predicted molar refractivity (Wildman–Crippen MR) is 74.5 cm³/mol. The van der Waals surface area contributed by atoms with Crippen LogP contribution in [-0.2, 0) is 11.2 Å². The van der Waals surface area contributed by atoms with E-state index in [1.54, 1.807) is 12.1 Å². The number of carbonyl (C=O) groups is 1. The molecule has 0 aliphatic heterocycles. The van der Waals surface area contributed by atoms with Gasteiger partial charge in [-0.05, 0) is 43.2 Å². The second-order valence-corrected chi connectivity index (χ2v) is 4.54. The molecule has 0 saturated heterocycles. The van der Waals surface area contributed by atoms with Crippen molar-refractivity contribution in [2.45, 2.75) is 19.8 Å². The molecule has 0 unspecified atom stereocenters. The third kappa shape index (κ3) is 4.21. The van der Waals surface area contributed by atoms with Gasteiger partial charge in [0.2, 0.25) is 5.91 Å². The molecule has 0 aliphatic carbocycles. The largest absolute Gasteiger partial charge is 0.326 e. The summed E-state index contributed by atoms with van der Waals surface area (Å²) in [6, 6.07) is 13.9. The standard InChI is InChI=1S/C16H16FNO/c1-12-2-9-15(10-3-12)18-16(19)11-6-13-4-7-14(17)8-5-13/h2-5,7-10H,6,11H2,1H3,(H,18,19). The number of aryl methyl sites for hydroxylation is 2. The SMILES string of the molecule is Cc1ccc(NC(=O)CCc2ccc(F)cc2)cc1. The van der Waals surface area contributed by atoms with Gasteiger partial charge in [-0.2, -0.15) is 0 Å². The van der Waals surface area contributed by atoms with Gasteiger partial charge in [0.1, 0.15) is 5.82 Å². The Morgan fingerprint density at radius 1 is 1.05 bits per heavy atom. The Labute approximate surface area is 112 Å². The van der Waals surface area contributed by atoms with Crippen LogP contribution in [0, 0.1) is 12.7 Å². The van der Waals surface area contributed by atoms with E-state index in [2.05, 4.69) is 5.32 Å². The van der Waals surface area contributed by atoms with Gasteiger partial charge in [0.15, 0.2) is 0 Å². The first-order valence-electron chi connectivity index (χ1n) is 6.24. The van der Waals surface area contributed by atoms with Crippen molar-refractivity contribution < 1.29 is 9.18 Å². The third-order valence-electron chi connectivity index (χ3n) is 2.89. The van der Waals surface area contributed by atoms with Gasteiger partial charge in [0.05, 0.1) is 0 Å². The normalized spacial score (nSPS) is 10.2. The molecule has 0 heterocycles. The first-order chi connectivity index (χ1) is 9.13. The number of anilines is 1. The lowest BCUT2D eigenvalue weighted by molar-refractivity contribution is -0.116. The molecule has 98 valence electrons. The molecule has 0 bridgehead atoms. The first kappa shape index (κ1) is 13.3. The van der Waals surface area contributed by atoms with E-state index in [9.17, 15) is 9.18 Å². The quantitative estimate of drug-likeness (QED) is 0.889. The number of hydrogen-bond donors (Lipinski definition) is 1. The number of hydrogen-bond acceptors (Lipinski definition) is 1. The summed E-state index contributed by atoms with van der Waals surface area (Å²) in [6.07, 6.45) is 0.998. The number of rotatable bonds is 4. The molecule has 1 N–H and O–H groups in total. The fraction of sp³-hybridized carbons (Fsp3) is 0.188. The van der Waals surface area contributed by atoms with E-state index in [1.807, 2.05) is 31.2 Å².